The summed E-state index contributed by atoms with van der Waals surface area (Å²) in [6.45, 7) is 0. The van der Waals surface area contributed by atoms with Crippen LogP contribution in [0.1, 0.15) is 0 Å². The van der Waals surface area contributed by atoms with Crippen molar-refractivity contribution in [2.24, 2.45) is 5.10 Å². The molecule has 0 fully saturated rings. The molecule has 0 amide bonds. The normalized spacial score (nSPS) is 27.7. The van der Waals surface area contributed by atoms with Gasteiger partial charge in [0, 0.05) is 6.08 Å². The van der Waals surface area contributed by atoms with E-state index < -0.39 is 23.6 Å². The highest BCUT2D eigenvalue weighted by Crippen LogP contribution is 2.25. The zero-order valence-electron chi connectivity index (χ0n) is 6.65. The first kappa shape index (κ1) is 10.2. The number of alkyl halides is 3. The van der Waals surface area contributed by atoms with Crippen LogP contribution in [0.4, 0.5) is 13.2 Å². The molecule has 0 bridgehead atoms. The molecule has 1 heterocycles. The summed E-state index contributed by atoms with van der Waals surface area (Å²) in [4.78, 5) is 0. The second-order valence-electron chi connectivity index (χ2n) is 2.74. The van der Waals surface area contributed by atoms with Crippen molar-refractivity contribution >= 4 is 13.0 Å². The molecule has 8 heteroatoms. The Bertz CT molecular complexity index is 275. The monoisotopic (exact) mass is 195 g/mol. The van der Waals surface area contributed by atoms with Crippen molar-refractivity contribution < 1.29 is 27.7 Å². The standard InChI is InChI=1S/C5H7BF3N2O2/c1-11(6(12)13)3-2-4(10-11)5(7,8)9/h2-3,12-13H,1H3/q+1. The lowest BCUT2D eigenvalue weighted by atomic mass is 10.1. The number of nitrogens with zero attached hydrogens (tertiary/aromatic N) is 2. The number of quaternary nitrogens is 1. The minimum atomic E-state index is -4.55. The maximum atomic E-state index is 12.0. The van der Waals surface area contributed by atoms with E-state index in [2.05, 4.69) is 5.10 Å². The zero-order valence-corrected chi connectivity index (χ0v) is 6.65. The van der Waals surface area contributed by atoms with Gasteiger partial charge in [0.2, 0.25) is 5.71 Å². The van der Waals surface area contributed by atoms with Gasteiger partial charge in [0.15, 0.2) is 0 Å². The van der Waals surface area contributed by atoms with E-state index in [0.717, 1.165) is 13.2 Å². The molecule has 0 aromatic heterocycles. The van der Waals surface area contributed by atoms with Crippen LogP contribution in [0.25, 0.3) is 0 Å². The molecular weight excluding hydrogens is 188 g/mol. The van der Waals surface area contributed by atoms with Crippen LogP contribution in [0, 0.1) is 0 Å². The second kappa shape index (κ2) is 2.83. The Balaban J connectivity index is 2.94. The van der Waals surface area contributed by atoms with Crippen LogP contribution in [0.5, 0.6) is 0 Å². The Kier molecular flexibility index (Phi) is 2.22. The third-order valence-electron chi connectivity index (χ3n) is 1.62. The number of hydrogen-bond acceptors (Lipinski definition) is 3. The number of halogens is 3. The Hall–Kier alpha value is -0.855. The molecule has 13 heavy (non-hydrogen) atoms. The molecule has 0 saturated heterocycles. The summed E-state index contributed by atoms with van der Waals surface area (Å²) in [5.74, 6) is 0. The van der Waals surface area contributed by atoms with Gasteiger partial charge < -0.3 is 10.0 Å². The summed E-state index contributed by atoms with van der Waals surface area (Å²) in [5.41, 5.74) is -1.12. The van der Waals surface area contributed by atoms with Gasteiger partial charge >= 0.3 is 13.4 Å². The van der Waals surface area contributed by atoms with Crippen molar-refractivity contribution in [2.75, 3.05) is 7.05 Å². The van der Waals surface area contributed by atoms with Crippen LogP contribution in [0.2, 0.25) is 0 Å². The van der Waals surface area contributed by atoms with Crippen molar-refractivity contribution in [3.05, 3.63) is 12.3 Å². The Labute approximate surface area is 72.3 Å². The Morgan fingerprint density at radius 3 is 2.23 bits per heavy atom. The van der Waals surface area contributed by atoms with Crippen LogP contribution in [0.15, 0.2) is 17.4 Å². The van der Waals surface area contributed by atoms with Gasteiger partial charge in [-0.3, -0.25) is 0 Å². The average Bonchev–Trinajstić information content (AvgIpc) is 2.31. The van der Waals surface area contributed by atoms with E-state index >= 15 is 0 Å². The molecular formula is C5H7BF3N2O2+. The third-order valence-corrected chi connectivity index (χ3v) is 1.62. The minimum absolute atomic E-state index is 0.708. The quantitative estimate of drug-likeness (QED) is 0.571. The van der Waals surface area contributed by atoms with Crippen LogP contribution in [-0.4, -0.2) is 40.7 Å². The van der Waals surface area contributed by atoms with Crippen molar-refractivity contribution in [1.82, 2.24) is 0 Å². The molecule has 1 atom stereocenters. The molecule has 1 aliphatic heterocycles. The van der Waals surface area contributed by atoms with Crippen molar-refractivity contribution in [1.29, 1.82) is 0 Å². The van der Waals surface area contributed by atoms with Crippen molar-refractivity contribution in [2.45, 2.75) is 6.18 Å². The van der Waals surface area contributed by atoms with Gasteiger partial charge in [-0.15, -0.1) is 0 Å². The van der Waals surface area contributed by atoms with Gasteiger partial charge in [0.25, 0.3) is 0 Å². The van der Waals surface area contributed by atoms with Gasteiger partial charge in [-0.25, -0.2) is 0 Å². The summed E-state index contributed by atoms with van der Waals surface area (Å²) in [7, 11) is -0.851. The molecule has 0 aromatic rings. The highest BCUT2D eigenvalue weighted by molar-refractivity contribution is 6.32. The summed E-state index contributed by atoms with van der Waals surface area (Å²) in [6, 6.07) is 0. The van der Waals surface area contributed by atoms with Gasteiger partial charge in [0.1, 0.15) is 6.20 Å². The summed E-state index contributed by atoms with van der Waals surface area (Å²) < 4.78 is 35.1. The lowest BCUT2D eigenvalue weighted by Gasteiger charge is -2.18. The molecule has 4 nitrogen and oxygen atoms in total. The van der Waals surface area contributed by atoms with Gasteiger partial charge in [0.05, 0.1) is 7.05 Å². The van der Waals surface area contributed by atoms with E-state index in [1.54, 1.807) is 0 Å². The van der Waals surface area contributed by atoms with Crippen LogP contribution < -0.4 is 0 Å². The first-order valence-electron chi connectivity index (χ1n) is 3.34. The SMILES string of the molecule is C[N+]1(B(O)O)C=CC(C(F)(F)F)=N1. The smallest absolute Gasteiger partial charge is 0.368 e. The van der Waals surface area contributed by atoms with E-state index in [9.17, 15) is 13.2 Å². The minimum Gasteiger partial charge on any atom is -0.368 e. The average molecular weight is 195 g/mol. The number of hydrogen-bond donors (Lipinski definition) is 2. The highest BCUT2D eigenvalue weighted by atomic mass is 19.4. The summed E-state index contributed by atoms with van der Waals surface area (Å²) in [6.07, 6.45) is -2.89. The predicted octanol–water partition coefficient (Wildman–Crippen LogP) is -0.152. The fourth-order valence-corrected chi connectivity index (χ4v) is 0.800. The number of allylic oxidation sites excluding steroid dienone is 1. The first-order chi connectivity index (χ1) is 5.76. The molecule has 0 saturated carbocycles. The maximum Gasteiger partial charge on any atom is 0.786 e. The second-order valence-corrected chi connectivity index (χ2v) is 2.74. The fourth-order valence-electron chi connectivity index (χ4n) is 0.800. The van der Waals surface area contributed by atoms with E-state index in [-0.39, 0.29) is 0 Å². The molecule has 72 valence electrons. The van der Waals surface area contributed by atoms with Crippen LogP contribution in [0.3, 0.4) is 0 Å². The summed E-state index contributed by atoms with van der Waals surface area (Å²) >= 11 is 0. The van der Waals surface area contributed by atoms with E-state index in [4.69, 9.17) is 10.0 Å². The fraction of sp³-hybridized carbons (Fsp3) is 0.400. The van der Waals surface area contributed by atoms with Crippen molar-refractivity contribution in [3.63, 3.8) is 0 Å². The lowest BCUT2D eigenvalue weighted by Crippen LogP contribution is -2.46. The molecule has 1 aliphatic rings. The van der Waals surface area contributed by atoms with Gasteiger partial charge in [-0.2, -0.15) is 17.7 Å². The van der Waals surface area contributed by atoms with E-state index in [1.807, 2.05) is 0 Å². The van der Waals surface area contributed by atoms with Gasteiger partial charge in [-0.1, -0.05) is 5.10 Å². The third kappa shape index (κ3) is 1.90. The van der Waals surface area contributed by atoms with Gasteiger partial charge in [-0.05, 0) is 0 Å². The zero-order chi connectivity index (χ0) is 10.3. The predicted molar refractivity (Wildman–Crippen MR) is 39.0 cm³/mol. The largest absolute Gasteiger partial charge is 0.786 e. The van der Waals surface area contributed by atoms with Crippen LogP contribution >= 0.6 is 0 Å². The molecule has 0 aromatic carbocycles. The molecule has 1 rings (SSSR count). The summed E-state index contributed by atoms with van der Waals surface area (Å²) in [5, 5.41) is 20.5. The first-order valence-corrected chi connectivity index (χ1v) is 3.34. The molecule has 0 radical (unpaired) electrons. The van der Waals surface area contributed by atoms with Crippen molar-refractivity contribution in [3.8, 4) is 0 Å². The molecule has 1 unspecified atom stereocenters. The molecule has 0 spiro atoms. The van der Waals surface area contributed by atoms with E-state index in [0.29, 0.717) is 6.08 Å². The molecule has 2 N–H and O–H groups in total. The maximum absolute atomic E-state index is 12.0. The Morgan fingerprint density at radius 2 is 2.00 bits per heavy atom. The number of rotatable bonds is 1. The Morgan fingerprint density at radius 1 is 1.46 bits per heavy atom. The van der Waals surface area contributed by atoms with Crippen LogP contribution in [-0.2, 0) is 0 Å². The van der Waals surface area contributed by atoms with E-state index in [1.165, 1.54) is 0 Å². The highest BCUT2D eigenvalue weighted by Gasteiger charge is 2.47. The lowest BCUT2D eigenvalue weighted by molar-refractivity contribution is -0.771. The topological polar surface area (TPSA) is 52.8 Å². The molecule has 0 aliphatic carbocycles.